The van der Waals surface area contributed by atoms with Gasteiger partial charge in [0.05, 0.1) is 6.10 Å². The van der Waals surface area contributed by atoms with Crippen molar-refractivity contribution >= 4 is 5.91 Å². The predicted octanol–water partition coefficient (Wildman–Crippen LogP) is 0.104. The summed E-state index contributed by atoms with van der Waals surface area (Å²) in [6.07, 6.45) is 6.76. The Labute approximate surface area is 135 Å². The van der Waals surface area contributed by atoms with E-state index in [1.54, 1.807) is 17.0 Å². The largest absolute Gasteiger partial charge is 0.393 e. The van der Waals surface area contributed by atoms with E-state index in [4.69, 9.17) is 0 Å². The van der Waals surface area contributed by atoms with E-state index >= 15 is 0 Å². The van der Waals surface area contributed by atoms with Crippen LogP contribution in [0.15, 0.2) is 29.3 Å². The van der Waals surface area contributed by atoms with Gasteiger partial charge in [0.15, 0.2) is 5.43 Å². The number of pyridine rings is 1. The molecule has 0 radical (unpaired) electrons. The molecule has 1 atom stereocenters. The highest BCUT2D eigenvalue weighted by Gasteiger charge is 2.39. The number of nitrogens with zero attached hydrogens (tertiary/aromatic N) is 1. The first kappa shape index (κ1) is 16.2. The van der Waals surface area contributed by atoms with Crippen LogP contribution in [0.4, 0.5) is 0 Å². The molecule has 126 valence electrons. The SMILES string of the molecule is O=C(Cn1ccc(=O)cc1)N[C@@H](C1CCNCC1)C1CC(O)C1. The molecule has 3 rings (SSSR count). The molecule has 1 aliphatic heterocycles. The third kappa shape index (κ3) is 4.20. The van der Waals surface area contributed by atoms with E-state index in [2.05, 4.69) is 10.6 Å². The van der Waals surface area contributed by atoms with E-state index in [-0.39, 0.29) is 30.0 Å². The number of hydrogen-bond donors (Lipinski definition) is 3. The van der Waals surface area contributed by atoms with Gasteiger partial charge in [0.25, 0.3) is 0 Å². The van der Waals surface area contributed by atoms with Gasteiger partial charge in [-0.3, -0.25) is 9.59 Å². The third-order valence-electron chi connectivity index (χ3n) is 5.06. The Hall–Kier alpha value is -1.66. The Morgan fingerprint density at radius 1 is 1.26 bits per heavy atom. The van der Waals surface area contributed by atoms with E-state index in [1.807, 2.05) is 0 Å². The molecule has 3 N–H and O–H groups in total. The molecule has 1 saturated heterocycles. The van der Waals surface area contributed by atoms with Crippen molar-refractivity contribution in [1.29, 1.82) is 0 Å². The van der Waals surface area contributed by atoms with E-state index in [9.17, 15) is 14.7 Å². The maximum Gasteiger partial charge on any atom is 0.240 e. The molecular formula is C17H25N3O3. The van der Waals surface area contributed by atoms with Gasteiger partial charge < -0.3 is 20.3 Å². The fourth-order valence-electron chi connectivity index (χ4n) is 3.69. The smallest absolute Gasteiger partial charge is 0.240 e. The zero-order chi connectivity index (χ0) is 16.2. The molecule has 0 spiro atoms. The maximum absolute atomic E-state index is 12.4. The molecular weight excluding hydrogens is 294 g/mol. The number of aliphatic hydroxyl groups is 1. The van der Waals surface area contributed by atoms with Crippen molar-refractivity contribution in [2.75, 3.05) is 13.1 Å². The van der Waals surface area contributed by atoms with Crippen molar-refractivity contribution in [3.63, 3.8) is 0 Å². The predicted molar refractivity (Wildman–Crippen MR) is 87.0 cm³/mol. The summed E-state index contributed by atoms with van der Waals surface area (Å²) in [6, 6.07) is 3.06. The highest BCUT2D eigenvalue weighted by molar-refractivity contribution is 5.76. The summed E-state index contributed by atoms with van der Waals surface area (Å²) >= 11 is 0. The van der Waals surface area contributed by atoms with Crippen LogP contribution in [-0.2, 0) is 11.3 Å². The molecule has 0 aromatic carbocycles. The van der Waals surface area contributed by atoms with Gasteiger partial charge in [-0.25, -0.2) is 0 Å². The molecule has 1 saturated carbocycles. The first-order chi connectivity index (χ1) is 11.1. The molecule has 2 fully saturated rings. The van der Waals surface area contributed by atoms with E-state index < -0.39 is 0 Å². The monoisotopic (exact) mass is 319 g/mol. The van der Waals surface area contributed by atoms with Crippen LogP contribution in [0.25, 0.3) is 0 Å². The Bertz CT molecular complexity index is 568. The second kappa shape index (κ2) is 7.27. The summed E-state index contributed by atoms with van der Waals surface area (Å²) in [7, 11) is 0. The number of carbonyl (C=O) groups excluding carboxylic acids is 1. The van der Waals surface area contributed by atoms with Crippen molar-refractivity contribution in [2.45, 2.75) is 44.4 Å². The minimum atomic E-state index is -0.208. The summed E-state index contributed by atoms with van der Waals surface area (Å²) in [4.78, 5) is 23.5. The summed E-state index contributed by atoms with van der Waals surface area (Å²) in [5.74, 6) is 0.830. The average molecular weight is 319 g/mol. The van der Waals surface area contributed by atoms with Crippen molar-refractivity contribution in [2.24, 2.45) is 11.8 Å². The minimum Gasteiger partial charge on any atom is -0.393 e. The lowest BCUT2D eigenvalue weighted by Crippen LogP contribution is -2.53. The molecule has 23 heavy (non-hydrogen) atoms. The summed E-state index contributed by atoms with van der Waals surface area (Å²) in [5.41, 5.74) is -0.0577. The lowest BCUT2D eigenvalue weighted by molar-refractivity contribution is -0.124. The number of aliphatic hydroxyl groups excluding tert-OH is 1. The van der Waals surface area contributed by atoms with Gasteiger partial charge in [0, 0.05) is 30.6 Å². The van der Waals surface area contributed by atoms with Crippen LogP contribution in [0, 0.1) is 11.8 Å². The van der Waals surface area contributed by atoms with E-state index in [0.29, 0.717) is 11.8 Å². The lowest BCUT2D eigenvalue weighted by atomic mass is 9.71. The van der Waals surface area contributed by atoms with Crippen LogP contribution in [-0.4, -0.2) is 40.8 Å². The summed E-state index contributed by atoms with van der Waals surface area (Å²) in [6.45, 7) is 2.20. The highest BCUT2D eigenvalue weighted by Crippen LogP contribution is 2.35. The first-order valence-corrected chi connectivity index (χ1v) is 8.46. The van der Waals surface area contributed by atoms with Gasteiger partial charge in [0.1, 0.15) is 6.54 Å². The van der Waals surface area contributed by atoms with Crippen molar-refractivity contribution in [3.8, 4) is 0 Å². The Kier molecular flexibility index (Phi) is 5.13. The molecule has 0 bridgehead atoms. The van der Waals surface area contributed by atoms with Gasteiger partial charge in [-0.2, -0.15) is 0 Å². The van der Waals surface area contributed by atoms with E-state index in [1.165, 1.54) is 12.1 Å². The van der Waals surface area contributed by atoms with Crippen LogP contribution >= 0.6 is 0 Å². The second-order valence-corrected chi connectivity index (χ2v) is 6.77. The van der Waals surface area contributed by atoms with Gasteiger partial charge in [-0.15, -0.1) is 0 Å². The van der Waals surface area contributed by atoms with Crippen LogP contribution in [0.5, 0.6) is 0 Å². The standard InChI is InChI=1S/C17H25N3O3/c21-14-3-7-20(8-4-14)11-16(23)19-17(13-9-15(22)10-13)12-1-5-18-6-2-12/h3-4,7-8,12-13,15,17-18,22H,1-2,5-6,9-11H2,(H,19,23)/t13?,15?,17-/m0/s1. The molecule has 2 heterocycles. The molecule has 0 unspecified atom stereocenters. The molecule has 1 aromatic rings. The fraction of sp³-hybridized carbons (Fsp3) is 0.647. The second-order valence-electron chi connectivity index (χ2n) is 6.77. The Morgan fingerprint density at radius 3 is 2.52 bits per heavy atom. The number of piperidine rings is 1. The van der Waals surface area contributed by atoms with E-state index in [0.717, 1.165) is 38.8 Å². The number of aromatic nitrogens is 1. The summed E-state index contributed by atoms with van der Waals surface area (Å²) < 4.78 is 1.71. The molecule has 1 aliphatic carbocycles. The summed E-state index contributed by atoms with van der Waals surface area (Å²) in [5, 5.41) is 16.2. The molecule has 1 aromatic heterocycles. The zero-order valence-electron chi connectivity index (χ0n) is 13.3. The first-order valence-electron chi connectivity index (χ1n) is 8.46. The van der Waals surface area contributed by atoms with Crippen molar-refractivity contribution in [1.82, 2.24) is 15.2 Å². The lowest BCUT2D eigenvalue weighted by Gasteiger charge is -2.43. The third-order valence-corrected chi connectivity index (χ3v) is 5.06. The normalized spacial score (nSPS) is 26.3. The molecule has 6 nitrogen and oxygen atoms in total. The number of rotatable bonds is 5. The van der Waals surface area contributed by atoms with Crippen LogP contribution in [0.3, 0.4) is 0 Å². The fourth-order valence-corrected chi connectivity index (χ4v) is 3.69. The van der Waals surface area contributed by atoms with Gasteiger partial charge in [0.2, 0.25) is 5.91 Å². The van der Waals surface area contributed by atoms with Crippen molar-refractivity contribution in [3.05, 3.63) is 34.7 Å². The zero-order valence-corrected chi connectivity index (χ0v) is 13.3. The van der Waals surface area contributed by atoms with Crippen LogP contribution in [0.2, 0.25) is 0 Å². The number of nitrogens with one attached hydrogen (secondary N) is 2. The van der Waals surface area contributed by atoms with Gasteiger partial charge in [-0.05, 0) is 50.6 Å². The number of hydrogen-bond acceptors (Lipinski definition) is 4. The van der Waals surface area contributed by atoms with Crippen LogP contribution < -0.4 is 16.1 Å². The average Bonchev–Trinajstić information content (AvgIpc) is 2.53. The maximum atomic E-state index is 12.4. The topological polar surface area (TPSA) is 83.4 Å². The van der Waals surface area contributed by atoms with Crippen LogP contribution in [0.1, 0.15) is 25.7 Å². The Morgan fingerprint density at radius 2 is 1.91 bits per heavy atom. The Balaban J connectivity index is 1.61. The van der Waals surface area contributed by atoms with Gasteiger partial charge in [-0.1, -0.05) is 0 Å². The molecule has 2 aliphatic rings. The molecule has 6 heteroatoms. The quantitative estimate of drug-likeness (QED) is 0.719. The minimum absolute atomic E-state index is 0.0291. The van der Waals surface area contributed by atoms with Gasteiger partial charge >= 0.3 is 0 Å². The highest BCUT2D eigenvalue weighted by atomic mass is 16.3. The van der Waals surface area contributed by atoms with Crippen molar-refractivity contribution < 1.29 is 9.90 Å². The number of amides is 1. The number of carbonyl (C=O) groups is 1. The molecule has 1 amide bonds.